The molecule has 0 atom stereocenters. The van der Waals surface area contributed by atoms with Gasteiger partial charge in [0.05, 0.1) is 15.7 Å². The van der Waals surface area contributed by atoms with E-state index in [0.29, 0.717) is 17.1 Å². The van der Waals surface area contributed by atoms with Gasteiger partial charge in [-0.2, -0.15) is 0 Å². The van der Waals surface area contributed by atoms with E-state index in [4.69, 9.17) is 28.3 Å². The Labute approximate surface area is 124 Å². The zero-order valence-corrected chi connectivity index (χ0v) is 11.8. The standard InChI is InChI=1S/C11H11Cl2N5O2/c12-7-3-9(13)11(14-4-7)15-10(20)6-18-5-8(1-2-19)16-17-18/h3-5,19H,1-2,6H2,(H,14,15,20). The molecule has 0 saturated heterocycles. The SMILES string of the molecule is O=C(Cn1cc(CCO)nn1)Nc1ncc(Cl)cc1Cl. The molecule has 1 amide bonds. The normalized spacial score (nSPS) is 10.6. The number of nitrogens with zero attached hydrogens (tertiary/aromatic N) is 4. The first-order valence-corrected chi connectivity index (χ1v) is 6.45. The van der Waals surface area contributed by atoms with Gasteiger partial charge in [-0.3, -0.25) is 4.79 Å². The number of halogens is 2. The van der Waals surface area contributed by atoms with E-state index in [1.807, 2.05) is 0 Å². The summed E-state index contributed by atoms with van der Waals surface area (Å²) in [6.07, 6.45) is 3.37. The Morgan fingerprint density at radius 2 is 2.25 bits per heavy atom. The van der Waals surface area contributed by atoms with Crippen molar-refractivity contribution in [2.24, 2.45) is 0 Å². The van der Waals surface area contributed by atoms with Gasteiger partial charge in [-0.05, 0) is 6.07 Å². The number of pyridine rings is 1. The van der Waals surface area contributed by atoms with Crippen molar-refractivity contribution in [3.05, 3.63) is 34.2 Å². The summed E-state index contributed by atoms with van der Waals surface area (Å²) in [7, 11) is 0. The van der Waals surface area contributed by atoms with Gasteiger partial charge in [0.1, 0.15) is 6.54 Å². The van der Waals surface area contributed by atoms with Crippen LogP contribution in [0.25, 0.3) is 0 Å². The highest BCUT2D eigenvalue weighted by molar-refractivity contribution is 6.36. The second-order valence-corrected chi connectivity index (χ2v) is 4.76. The summed E-state index contributed by atoms with van der Waals surface area (Å²) >= 11 is 11.6. The largest absolute Gasteiger partial charge is 0.396 e. The van der Waals surface area contributed by atoms with E-state index in [9.17, 15) is 4.79 Å². The molecule has 2 heterocycles. The van der Waals surface area contributed by atoms with Crippen molar-refractivity contribution in [2.45, 2.75) is 13.0 Å². The third-order valence-corrected chi connectivity index (χ3v) is 2.82. The monoisotopic (exact) mass is 315 g/mol. The van der Waals surface area contributed by atoms with Gasteiger partial charge in [-0.15, -0.1) is 5.10 Å². The van der Waals surface area contributed by atoms with E-state index >= 15 is 0 Å². The van der Waals surface area contributed by atoms with Crippen LogP contribution in [-0.4, -0.2) is 37.6 Å². The molecule has 9 heteroatoms. The van der Waals surface area contributed by atoms with Gasteiger partial charge >= 0.3 is 0 Å². The molecular formula is C11H11Cl2N5O2. The lowest BCUT2D eigenvalue weighted by atomic mass is 10.3. The number of aliphatic hydroxyl groups excluding tert-OH is 1. The van der Waals surface area contributed by atoms with Crippen molar-refractivity contribution < 1.29 is 9.90 Å². The van der Waals surface area contributed by atoms with Crippen LogP contribution in [0.2, 0.25) is 10.0 Å². The van der Waals surface area contributed by atoms with E-state index in [2.05, 4.69) is 20.6 Å². The maximum atomic E-state index is 11.8. The van der Waals surface area contributed by atoms with Gasteiger partial charge < -0.3 is 10.4 Å². The number of rotatable bonds is 5. The molecular weight excluding hydrogens is 305 g/mol. The van der Waals surface area contributed by atoms with Crippen molar-refractivity contribution in [3.63, 3.8) is 0 Å². The Morgan fingerprint density at radius 3 is 2.95 bits per heavy atom. The highest BCUT2D eigenvalue weighted by Gasteiger charge is 2.10. The van der Waals surface area contributed by atoms with Crippen LogP contribution in [0.4, 0.5) is 5.82 Å². The van der Waals surface area contributed by atoms with Crippen LogP contribution in [-0.2, 0) is 17.8 Å². The zero-order chi connectivity index (χ0) is 14.5. The van der Waals surface area contributed by atoms with E-state index < -0.39 is 0 Å². The summed E-state index contributed by atoms with van der Waals surface area (Å²) < 4.78 is 1.37. The molecule has 0 radical (unpaired) electrons. The Bertz CT molecular complexity index is 617. The fourth-order valence-corrected chi connectivity index (χ4v) is 1.90. The number of nitrogens with one attached hydrogen (secondary N) is 1. The van der Waals surface area contributed by atoms with Crippen LogP contribution in [0.1, 0.15) is 5.69 Å². The van der Waals surface area contributed by atoms with E-state index in [-0.39, 0.29) is 29.9 Å². The van der Waals surface area contributed by atoms with Gasteiger partial charge in [-0.1, -0.05) is 28.4 Å². The first-order chi connectivity index (χ1) is 9.58. The minimum Gasteiger partial charge on any atom is -0.396 e. The molecule has 0 saturated carbocycles. The fourth-order valence-electron chi connectivity index (χ4n) is 1.47. The minimum atomic E-state index is -0.345. The summed E-state index contributed by atoms with van der Waals surface area (Å²) in [6, 6.07) is 1.49. The molecule has 2 N–H and O–H groups in total. The third kappa shape index (κ3) is 3.89. The molecule has 0 spiro atoms. The summed E-state index contributed by atoms with van der Waals surface area (Å²) in [6.45, 7) is -0.0474. The van der Waals surface area contributed by atoms with Crippen LogP contribution < -0.4 is 5.32 Å². The average Bonchev–Trinajstić information content (AvgIpc) is 2.81. The van der Waals surface area contributed by atoms with Crippen molar-refractivity contribution >= 4 is 34.9 Å². The molecule has 2 rings (SSSR count). The van der Waals surface area contributed by atoms with Crippen LogP contribution in [0.15, 0.2) is 18.5 Å². The summed E-state index contributed by atoms with van der Waals surface area (Å²) in [5, 5.41) is 19.5. The summed E-state index contributed by atoms with van der Waals surface area (Å²) in [5.74, 6) is -0.112. The van der Waals surface area contributed by atoms with Crippen LogP contribution in [0.3, 0.4) is 0 Å². The lowest BCUT2D eigenvalue weighted by molar-refractivity contribution is -0.116. The predicted octanol–water partition coefficient (Wildman–Crippen LogP) is 1.15. The van der Waals surface area contributed by atoms with Crippen molar-refractivity contribution in [1.82, 2.24) is 20.0 Å². The van der Waals surface area contributed by atoms with E-state index in [1.165, 1.54) is 16.9 Å². The molecule has 0 aliphatic heterocycles. The maximum absolute atomic E-state index is 11.8. The topological polar surface area (TPSA) is 92.9 Å². The van der Waals surface area contributed by atoms with Crippen LogP contribution >= 0.6 is 23.2 Å². The summed E-state index contributed by atoms with van der Waals surface area (Å²) in [4.78, 5) is 15.7. The van der Waals surface area contributed by atoms with Crippen molar-refractivity contribution in [2.75, 3.05) is 11.9 Å². The molecule has 0 fully saturated rings. The number of hydrogen-bond acceptors (Lipinski definition) is 5. The van der Waals surface area contributed by atoms with Gasteiger partial charge in [0.15, 0.2) is 5.82 Å². The predicted molar refractivity (Wildman–Crippen MR) is 73.7 cm³/mol. The number of aromatic nitrogens is 4. The Hall–Kier alpha value is -1.70. The van der Waals surface area contributed by atoms with E-state index in [1.54, 1.807) is 6.20 Å². The number of hydrogen-bond donors (Lipinski definition) is 2. The highest BCUT2D eigenvalue weighted by atomic mass is 35.5. The highest BCUT2D eigenvalue weighted by Crippen LogP contribution is 2.22. The van der Waals surface area contributed by atoms with Gasteiger partial charge in [-0.25, -0.2) is 9.67 Å². The van der Waals surface area contributed by atoms with Crippen LogP contribution in [0.5, 0.6) is 0 Å². The number of anilines is 1. The molecule has 2 aromatic heterocycles. The minimum absolute atomic E-state index is 0.0187. The van der Waals surface area contributed by atoms with Gasteiger partial charge in [0.25, 0.3) is 0 Å². The van der Waals surface area contributed by atoms with Gasteiger partial charge in [0, 0.05) is 25.4 Å². The Balaban J connectivity index is 1.97. The second-order valence-electron chi connectivity index (χ2n) is 3.91. The molecule has 0 aliphatic carbocycles. The lowest BCUT2D eigenvalue weighted by Crippen LogP contribution is -2.20. The molecule has 20 heavy (non-hydrogen) atoms. The third-order valence-electron chi connectivity index (χ3n) is 2.33. The zero-order valence-electron chi connectivity index (χ0n) is 10.3. The second kappa shape index (κ2) is 6.65. The first kappa shape index (κ1) is 14.7. The number of aliphatic hydroxyl groups is 1. The Kier molecular flexibility index (Phi) is 4.89. The molecule has 0 aromatic carbocycles. The molecule has 0 unspecified atom stereocenters. The van der Waals surface area contributed by atoms with Crippen molar-refractivity contribution in [3.8, 4) is 0 Å². The van der Waals surface area contributed by atoms with E-state index in [0.717, 1.165) is 0 Å². The molecule has 0 aliphatic rings. The maximum Gasteiger partial charge on any atom is 0.247 e. The van der Waals surface area contributed by atoms with Gasteiger partial charge in [0.2, 0.25) is 5.91 Å². The quantitative estimate of drug-likeness (QED) is 0.863. The Morgan fingerprint density at radius 1 is 1.45 bits per heavy atom. The molecule has 106 valence electrons. The lowest BCUT2D eigenvalue weighted by Gasteiger charge is -2.06. The average molecular weight is 316 g/mol. The van der Waals surface area contributed by atoms with Crippen LogP contribution in [0, 0.1) is 0 Å². The number of amides is 1. The number of carbonyl (C=O) groups is 1. The molecule has 7 nitrogen and oxygen atoms in total. The molecule has 2 aromatic rings. The molecule has 0 bridgehead atoms. The van der Waals surface area contributed by atoms with Crippen molar-refractivity contribution in [1.29, 1.82) is 0 Å². The number of carbonyl (C=O) groups excluding carboxylic acids is 1. The first-order valence-electron chi connectivity index (χ1n) is 5.69. The summed E-state index contributed by atoms with van der Waals surface area (Å²) in [5.41, 5.74) is 0.614. The smallest absolute Gasteiger partial charge is 0.247 e. The fraction of sp³-hybridized carbons (Fsp3) is 0.273.